The summed E-state index contributed by atoms with van der Waals surface area (Å²) in [6.45, 7) is 1.70. The molecule has 0 aliphatic carbocycles. The van der Waals surface area contributed by atoms with E-state index in [4.69, 9.17) is 18.0 Å². The Hall–Kier alpha value is -2.20. The van der Waals surface area contributed by atoms with Crippen LogP contribution in [0.15, 0.2) is 40.3 Å². The molecule has 2 heterocycles. The first-order valence-electron chi connectivity index (χ1n) is 8.15. The van der Waals surface area contributed by atoms with Gasteiger partial charge in [-0.05, 0) is 37.3 Å². The maximum absolute atomic E-state index is 14.5. The SMILES string of the molecule is CN1C(N)=NC(C)(c2cc(NC(=S)C3=NCC(F)C=C3)ccc2F)CS1=O. The predicted molar refractivity (Wildman–Crippen MR) is 109 cm³/mol. The van der Waals surface area contributed by atoms with Crippen LogP contribution in [0.2, 0.25) is 0 Å². The molecule has 27 heavy (non-hydrogen) atoms. The molecule has 0 saturated carbocycles. The van der Waals surface area contributed by atoms with Crippen LogP contribution in [0.4, 0.5) is 14.5 Å². The molecule has 3 atom stereocenters. The third kappa shape index (κ3) is 4.06. The number of nitrogens with two attached hydrogens (primary N) is 1. The zero-order valence-electron chi connectivity index (χ0n) is 14.8. The highest BCUT2D eigenvalue weighted by Gasteiger charge is 2.37. The van der Waals surface area contributed by atoms with Crippen LogP contribution < -0.4 is 11.1 Å². The minimum absolute atomic E-state index is 0.0215. The fraction of sp³-hybridized carbons (Fsp3) is 0.353. The Morgan fingerprint density at radius 2 is 2.26 bits per heavy atom. The summed E-state index contributed by atoms with van der Waals surface area (Å²) < 4.78 is 41.3. The Morgan fingerprint density at radius 3 is 2.89 bits per heavy atom. The number of nitrogens with one attached hydrogen (secondary N) is 1. The summed E-state index contributed by atoms with van der Waals surface area (Å²) >= 11 is 5.30. The molecule has 2 aliphatic heterocycles. The van der Waals surface area contributed by atoms with E-state index < -0.39 is 28.5 Å². The maximum Gasteiger partial charge on any atom is 0.204 e. The fourth-order valence-electron chi connectivity index (χ4n) is 2.79. The standard InChI is InChI=1S/C17H19F2N5OS2/c1-17(9-27(25)24(2)16(20)23-17)12-7-11(4-5-13(12)19)22-15(26)14-6-3-10(18)8-21-14/h3-7,10H,8-9H2,1-2H3,(H2,20,23)(H,22,26). The fourth-order valence-corrected chi connectivity index (χ4v) is 4.18. The summed E-state index contributed by atoms with van der Waals surface area (Å²) in [6, 6.07) is 4.37. The van der Waals surface area contributed by atoms with Crippen LogP contribution in [0.25, 0.3) is 0 Å². The molecule has 0 bridgehead atoms. The summed E-state index contributed by atoms with van der Waals surface area (Å²) in [4.78, 5) is 8.72. The summed E-state index contributed by atoms with van der Waals surface area (Å²) in [5, 5.41) is 2.98. The third-order valence-corrected chi connectivity index (χ3v) is 6.25. The number of hydrogen-bond donors (Lipinski definition) is 2. The number of halogens is 2. The number of alkyl halides is 1. The highest BCUT2D eigenvalue weighted by atomic mass is 32.2. The van der Waals surface area contributed by atoms with Crippen molar-refractivity contribution in [1.82, 2.24) is 4.31 Å². The molecule has 2 aliphatic rings. The lowest BCUT2D eigenvalue weighted by molar-refractivity contribution is 0.407. The van der Waals surface area contributed by atoms with E-state index in [0.29, 0.717) is 16.4 Å². The van der Waals surface area contributed by atoms with Crippen molar-refractivity contribution in [3.63, 3.8) is 0 Å². The van der Waals surface area contributed by atoms with Gasteiger partial charge < -0.3 is 11.1 Å². The Kier molecular flexibility index (Phi) is 5.38. The quantitative estimate of drug-likeness (QED) is 0.746. The normalized spacial score (nSPS) is 27.8. The van der Waals surface area contributed by atoms with Crippen molar-refractivity contribution >= 4 is 45.6 Å². The van der Waals surface area contributed by atoms with E-state index >= 15 is 0 Å². The Labute approximate surface area is 163 Å². The van der Waals surface area contributed by atoms with Crippen LogP contribution in [-0.2, 0) is 16.5 Å². The van der Waals surface area contributed by atoms with Gasteiger partial charge in [-0.15, -0.1) is 0 Å². The molecule has 144 valence electrons. The first-order chi connectivity index (χ1) is 12.7. The molecule has 1 aromatic rings. The van der Waals surface area contributed by atoms with Crippen LogP contribution in [0.3, 0.4) is 0 Å². The molecule has 0 spiro atoms. The number of hydrogen-bond acceptors (Lipinski definition) is 5. The van der Waals surface area contributed by atoms with E-state index in [0.717, 1.165) is 0 Å². The zero-order chi connectivity index (χ0) is 19.8. The average molecular weight is 412 g/mol. The first-order valence-corrected chi connectivity index (χ1v) is 9.84. The van der Waals surface area contributed by atoms with Gasteiger partial charge in [0, 0.05) is 18.3 Å². The predicted octanol–water partition coefficient (Wildman–Crippen LogP) is 2.05. The van der Waals surface area contributed by atoms with E-state index in [-0.39, 0.29) is 23.8 Å². The van der Waals surface area contributed by atoms with Crippen LogP contribution >= 0.6 is 12.2 Å². The Bertz CT molecular complexity index is 901. The van der Waals surface area contributed by atoms with Crippen molar-refractivity contribution in [2.24, 2.45) is 15.7 Å². The number of guanidine groups is 1. The van der Waals surface area contributed by atoms with Crippen molar-refractivity contribution in [2.45, 2.75) is 18.6 Å². The van der Waals surface area contributed by atoms with E-state index in [2.05, 4.69) is 15.3 Å². The first kappa shape index (κ1) is 19.6. The third-order valence-electron chi connectivity index (χ3n) is 4.33. The highest BCUT2D eigenvalue weighted by Crippen LogP contribution is 2.33. The molecule has 0 aromatic heterocycles. The van der Waals surface area contributed by atoms with Gasteiger partial charge in [0.2, 0.25) is 5.96 Å². The van der Waals surface area contributed by atoms with Crippen LogP contribution in [0.1, 0.15) is 12.5 Å². The molecular weight excluding hydrogens is 392 g/mol. The number of thiocarbonyl (C=S) groups is 1. The molecule has 6 nitrogen and oxygen atoms in total. The van der Waals surface area contributed by atoms with E-state index in [1.807, 2.05) is 0 Å². The molecule has 0 amide bonds. The smallest absolute Gasteiger partial charge is 0.204 e. The highest BCUT2D eigenvalue weighted by molar-refractivity contribution is 7.83. The van der Waals surface area contributed by atoms with E-state index in [9.17, 15) is 13.0 Å². The Morgan fingerprint density at radius 1 is 1.52 bits per heavy atom. The van der Waals surface area contributed by atoms with Gasteiger partial charge in [0.05, 0.1) is 18.0 Å². The summed E-state index contributed by atoms with van der Waals surface area (Å²) in [7, 11) is 0.154. The van der Waals surface area contributed by atoms with Crippen LogP contribution in [0.5, 0.6) is 0 Å². The number of anilines is 1. The van der Waals surface area contributed by atoms with Crippen molar-refractivity contribution in [1.29, 1.82) is 0 Å². The van der Waals surface area contributed by atoms with Crippen LogP contribution in [0, 0.1) is 5.82 Å². The maximum atomic E-state index is 14.5. The number of aliphatic imine (C=N–C) groups is 2. The Balaban J connectivity index is 1.88. The van der Waals surface area contributed by atoms with E-state index in [1.165, 1.54) is 28.6 Å². The van der Waals surface area contributed by atoms with Crippen molar-refractivity contribution in [3.8, 4) is 0 Å². The number of dihydropyridines is 1. The lowest BCUT2D eigenvalue weighted by Crippen LogP contribution is -2.47. The summed E-state index contributed by atoms with van der Waals surface area (Å²) in [6.07, 6.45) is 1.79. The molecular formula is C17H19F2N5OS2. The second kappa shape index (κ2) is 7.43. The average Bonchev–Trinajstić information content (AvgIpc) is 2.61. The van der Waals surface area contributed by atoms with Crippen molar-refractivity contribution in [3.05, 3.63) is 41.7 Å². The second-order valence-corrected chi connectivity index (χ2v) is 8.34. The van der Waals surface area contributed by atoms with Gasteiger partial charge in [-0.1, -0.05) is 12.2 Å². The minimum atomic E-state index is -1.42. The van der Waals surface area contributed by atoms with Crippen LogP contribution in [-0.4, -0.2) is 50.7 Å². The second-order valence-electron chi connectivity index (χ2n) is 6.46. The van der Waals surface area contributed by atoms with Gasteiger partial charge in [0.1, 0.15) is 33.5 Å². The van der Waals surface area contributed by atoms with Gasteiger partial charge in [0.15, 0.2) is 0 Å². The number of nitrogens with zero attached hydrogens (tertiary/aromatic N) is 3. The molecule has 10 heteroatoms. The van der Waals surface area contributed by atoms with Gasteiger partial charge in [-0.2, -0.15) is 0 Å². The topological polar surface area (TPSA) is 83.1 Å². The van der Waals surface area contributed by atoms with Crippen molar-refractivity contribution in [2.75, 3.05) is 24.7 Å². The summed E-state index contributed by atoms with van der Waals surface area (Å²) in [5.41, 5.74) is 5.99. The molecule has 1 aromatic carbocycles. The molecule has 3 rings (SSSR count). The lowest BCUT2D eigenvalue weighted by atomic mass is 9.93. The lowest BCUT2D eigenvalue weighted by Gasteiger charge is -2.34. The molecule has 3 N–H and O–H groups in total. The summed E-state index contributed by atoms with van der Waals surface area (Å²) in [5.74, 6) is -0.303. The largest absolute Gasteiger partial charge is 0.369 e. The van der Waals surface area contributed by atoms with E-state index in [1.54, 1.807) is 20.0 Å². The molecule has 3 unspecified atom stereocenters. The van der Waals surface area contributed by atoms with Gasteiger partial charge in [-0.25, -0.2) is 18.0 Å². The molecule has 0 radical (unpaired) electrons. The van der Waals surface area contributed by atoms with Gasteiger partial charge in [0.25, 0.3) is 0 Å². The van der Waals surface area contributed by atoms with Crippen molar-refractivity contribution < 1.29 is 13.0 Å². The number of benzene rings is 1. The molecule has 0 fully saturated rings. The van der Waals surface area contributed by atoms with Gasteiger partial charge in [-0.3, -0.25) is 9.30 Å². The molecule has 0 saturated heterocycles. The number of rotatable bonds is 3. The minimum Gasteiger partial charge on any atom is -0.369 e. The zero-order valence-corrected chi connectivity index (χ0v) is 16.4. The van der Waals surface area contributed by atoms with Gasteiger partial charge >= 0.3 is 0 Å². The monoisotopic (exact) mass is 411 g/mol.